The lowest BCUT2D eigenvalue weighted by Crippen LogP contribution is -2.19. The minimum absolute atomic E-state index is 0.394. The van der Waals surface area contributed by atoms with Crippen LogP contribution in [0.3, 0.4) is 0 Å². The summed E-state index contributed by atoms with van der Waals surface area (Å²) in [7, 11) is 1.88. The third-order valence-electron chi connectivity index (χ3n) is 3.46. The molecule has 1 aromatic carbocycles. The molecule has 3 rings (SSSR count). The lowest BCUT2D eigenvalue weighted by molar-refractivity contribution is 0.381. The number of rotatable bonds is 3. The summed E-state index contributed by atoms with van der Waals surface area (Å²) in [5.41, 5.74) is 3.26. The van der Waals surface area contributed by atoms with Gasteiger partial charge >= 0.3 is 5.76 Å². The van der Waals surface area contributed by atoms with E-state index in [0.717, 1.165) is 16.7 Å². The molecular weight excluding hydrogens is 270 g/mol. The van der Waals surface area contributed by atoms with Crippen LogP contribution in [0, 0.1) is 13.8 Å². The van der Waals surface area contributed by atoms with Crippen molar-refractivity contribution < 1.29 is 4.52 Å². The van der Waals surface area contributed by atoms with Crippen LogP contribution >= 0.6 is 0 Å². The minimum Gasteiger partial charge on any atom is -0.351 e. The van der Waals surface area contributed by atoms with Gasteiger partial charge in [0.05, 0.1) is 12.1 Å². The summed E-state index contributed by atoms with van der Waals surface area (Å²) < 4.78 is 4.50. The molecule has 0 aliphatic rings. The summed E-state index contributed by atoms with van der Waals surface area (Å²) in [5.74, 6) is 0.683. The molecule has 3 aromatic rings. The highest BCUT2D eigenvalue weighted by Crippen LogP contribution is 2.25. The monoisotopic (exact) mass is 285 g/mol. The molecule has 0 amide bonds. The van der Waals surface area contributed by atoms with Crippen LogP contribution in [0.5, 0.6) is 0 Å². The highest BCUT2D eigenvalue weighted by atomic mass is 16.5. The van der Waals surface area contributed by atoms with Gasteiger partial charge in [0, 0.05) is 12.4 Å². The van der Waals surface area contributed by atoms with Gasteiger partial charge in [0.1, 0.15) is 12.1 Å². The zero-order chi connectivity index (χ0) is 15.0. The fraction of sp³-hybridized carbons (Fsp3) is 0.286. The van der Waals surface area contributed by atoms with Crippen molar-refractivity contribution in [3.63, 3.8) is 0 Å². The first-order valence-corrected chi connectivity index (χ1v) is 6.52. The zero-order valence-corrected chi connectivity index (χ0v) is 12.0. The first-order valence-electron chi connectivity index (χ1n) is 6.52. The van der Waals surface area contributed by atoms with E-state index in [4.69, 9.17) is 0 Å². The van der Waals surface area contributed by atoms with Crippen molar-refractivity contribution in [3.05, 3.63) is 46.0 Å². The summed E-state index contributed by atoms with van der Waals surface area (Å²) in [6, 6.07) is 4.11. The van der Waals surface area contributed by atoms with Crippen LogP contribution in [-0.4, -0.2) is 27.2 Å². The fourth-order valence-electron chi connectivity index (χ4n) is 2.23. The summed E-state index contributed by atoms with van der Waals surface area (Å²) in [6.45, 7) is 4.51. The van der Waals surface area contributed by atoms with Gasteiger partial charge in [-0.25, -0.2) is 14.8 Å². The van der Waals surface area contributed by atoms with Crippen molar-refractivity contribution >= 4 is 16.7 Å². The smallest absolute Gasteiger partial charge is 0.351 e. The van der Waals surface area contributed by atoms with E-state index in [1.165, 1.54) is 17.5 Å². The zero-order valence-electron chi connectivity index (χ0n) is 12.0. The van der Waals surface area contributed by atoms with Gasteiger partial charge in [-0.1, -0.05) is 5.16 Å². The second-order valence-corrected chi connectivity index (χ2v) is 5.05. The van der Waals surface area contributed by atoms with Gasteiger partial charge in [-0.15, -0.1) is 0 Å². The molecule has 0 aliphatic heterocycles. The Bertz CT molecular complexity index is 852. The van der Waals surface area contributed by atoms with E-state index < -0.39 is 5.76 Å². The number of aromatic nitrogens is 4. The molecule has 2 aromatic heterocycles. The Morgan fingerprint density at radius 1 is 1.24 bits per heavy atom. The second-order valence-electron chi connectivity index (χ2n) is 5.05. The van der Waals surface area contributed by atoms with Gasteiger partial charge in [-0.3, -0.25) is 9.51 Å². The Morgan fingerprint density at radius 3 is 2.71 bits per heavy atom. The largest absolute Gasteiger partial charge is 0.438 e. The lowest BCUT2D eigenvalue weighted by atomic mass is 10.1. The standard InChI is InChI=1S/C14H15N5O2/c1-8-4-10-11(5-9(8)2)15-7-16-13(10)19(3)6-12-17-14(20)21-18-12/h4-5,7H,6H2,1-3H3,(H,17,18,20). The number of nitrogens with one attached hydrogen (secondary N) is 1. The normalized spacial score (nSPS) is 11.0. The molecule has 0 spiro atoms. The molecule has 0 saturated heterocycles. The highest BCUT2D eigenvalue weighted by molar-refractivity contribution is 5.90. The topological polar surface area (TPSA) is 87.9 Å². The summed E-state index contributed by atoms with van der Waals surface area (Å²) in [6.07, 6.45) is 1.54. The average Bonchev–Trinajstić information content (AvgIpc) is 2.84. The number of fused-ring (bicyclic) bond motifs is 1. The third kappa shape index (κ3) is 2.49. The van der Waals surface area contributed by atoms with Crippen LogP contribution in [0.2, 0.25) is 0 Å². The Balaban J connectivity index is 2.03. The van der Waals surface area contributed by atoms with Crippen molar-refractivity contribution in [3.8, 4) is 0 Å². The quantitative estimate of drug-likeness (QED) is 0.785. The van der Waals surface area contributed by atoms with E-state index in [9.17, 15) is 4.79 Å². The minimum atomic E-state index is -0.558. The van der Waals surface area contributed by atoms with E-state index in [1.54, 1.807) is 0 Å². The van der Waals surface area contributed by atoms with Gasteiger partial charge in [0.15, 0.2) is 5.82 Å². The molecule has 0 saturated carbocycles. The molecule has 108 valence electrons. The van der Waals surface area contributed by atoms with Crippen molar-refractivity contribution in [2.75, 3.05) is 11.9 Å². The maximum absolute atomic E-state index is 11.0. The molecule has 0 bridgehead atoms. The Kier molecular flexibility index (Phi) is 3.17. The van der Waals surface area contributed by atoms with Gasteiger partial charge in [0.2, 0.25) is 0 Å². The molecule has 0 radical (unpaired) electrons. The lowest BCUT2D eigenvalue weighted by Gasteiger charge is -2.18. The predicted molar refractivity (Wildman–Crippen MR) is 78.2 cm³/mol. The predicted octanol–water partition coefficient (Wildman–Crippen LogP) is 1.56. The third-order valence-corrected chi connectivity index (χ3v) is 3.46. The van der Waals surface area contributed by atoms with Gasteiger partial charge in [0.25, 0.3) is 0 Å². The highest BCUT2D eigenvalue weighted by Gasteiger charge is 2.12. The number of aryl methyl sites for hydroxylation is 2. The Labute approximate surface area is 120 Å². The fourth-order valence-corrected chi connectivity index (χ4v) is 2.23. The number of hydrogen-bond donors (Lipinski definition) is 1. The van der Waals surface area contributed by atoms with Crippen molar-refractivity contribution in [1.82, 2.24) is 20.1 Å². The van der Waals surface area contributed by atoms with Crippen LogP contribution in [0.15, 0.2) is 27.8 Å². The molecule has 0 atom stereocenters. The molecule has 7 heteroatoms. The van der Waals surface area contributed by atoms with Crippen LogP contribution in [0.4, 0.5) is 5.82 Å². The number of anilines is 1. The van der Waals surface area contributed by atoms with Crippen LogP contribution in [0.25, 0.3) is 10.9 Å². The number of H-pyrrole nitrogens is 1. The molecule has 0 fully saturated rings. The first-order chi connectivity index (χ1) is 10.0. The summed E-state index contributed by atoms with van der Waals surface area (Å²) >= 11 is 0. The molecule has 1 N–H and O–H groups in total. The average molecular weight is 285 g/mol. The first kappa shape index (κ1) is 13.3. The summed E-state index contributed by atoms with van der Waals surface area (Å²) in [5, 5.41) is 4.63. The second kappa shape index (κ2) is 5.01. The van der Waals surface area contributed by atoms with Crippen LogP contribution < -0.4 is 10.7 Å². The molecule has 2 heterocycles. The van der Waals surface area contributed by atoms with E-state index in [-0.39, 0.29) is 0 Å². The van der Waals surface area contributed by atoms with Crippen molar-refractivity contribution in [2.45, 2.75) is 20.4 Å². The maximum atomic E-state index is 11.0. The molecule has 21 heavy (non-hydrogen) atoms. The van der Waals surface area contributed by atoms with Gasteiger partial charge in [-0.05, 0) is 37.1 Å². The van der Waals surface area contributed by atoms with Gasteiger partial charge < -0.3 is 4.90 Å². The molecular formula is C14H15N5O2. The maximum Gasteiger partial charge on any atom is 0.438 e. The molecule has 0 unspecified atom stereocenters. The van der Waals surface area contributed by atoms with E-state index in [1.807, 2.05) is 18.0 Å². The van der Waals surface area contributed by atoms with Crippen LogP contribution in [-0.2, 0) is 6.54 Å². The molecule has 0 aliphatic carbocycles. The number of hydrogen-bond acceptors (Lipinski definition) is 6. The summed E-state index contributed by atoms with van der Waals surface area (Å²) in [4.78, 5) is 24.0. The van der Waals surface area contributed by atoms with Crippen LogP contribution in [0.1, 0.15) is 17.0 Å². The Morgan fingerprint density at radius 2 is 2.00 bits per heavy atom. The SMILES string of the molecule is Cc1cc2ncnc(N(C)Cc3noc(=O)[nH]3)c2cc1C. The Hall–Kier alpha value is -2.70. The van der Waals surface area contributed by atoms with Crippen molar-refractivity contribution in [1.29, 1.82) is 0 Å². The van der Waals surface area contributed by atoms with Crippen molar-refractivity contribution in [2.24, 2.45) is 0 Å². The molecule has 7 nitrogen and oxygen atoms in total. The number of aromatic amines is 1. The van der Waals surface area contributed by atoms with E-state index in [2.05, 4.69) is 44.5 Å². The van der Waals surface area contributed by atoms with Gasteiger partial charge in [-0.2, -0.15) is 0 Å². The number of nitrogens with zero attached hydrogens (tertiary/aromatic N) is 4. The number of benzene rings is 1. The van der Waals surface area contributed by atoms with E-state index >= 15 is 0 Å². The van der Waals surface area contributed by atoms with E-state index in [0.29, 0.717) is 12.4 Å².